The molecule has 0 radical (unpaired) electrons. The fourth-order valence-electron chi connectivity index (χ4n) is 0.975. The number of nitrogens with zero attached hydrogens (tertiary/aromatic N) is 2. The van der Waals surface area contributed by atoms with E-state index in [1.807, 2.05) is 6.92 Å². The molecule has 0 unspecified atom stereocenters. The Morgan fingerprint density at radius 2 is 2.00 bits per heavy atom. The Hall–Kier alpha value is -0.120. The van der Waals surface area contributed by atoms with Gasteiger partial charge in [0.05, 0.1) is 0 Å². The molecule has 1 rings (SSSR count). The maximum Gasteiger partial charge on any atom is 0.250 e. The van der Waals surface area contributed by atoms with E-state index in [4.69, 9.17) is 34.8 Å². The molecule has 0 aromatic carbocycles. The van der Waals surface area contributed by atoms with E-state index >= 15 is 0 Å². The fraction of sp³-hybridized carbons (Fsp3) is 0.500. The molecule has 0 aliphatic carbocycles. The van der Waals surface area contributed by atoms with Crippen LogP contribution < -0.4 is 0 Å². The number of alkyl halides is 3. The Kier molecular flexibility index (Phi) is 3.93. The van der Waals surface area contributed by atoms with Gasteiger partial charge in [-0.25, -0.2) is 4.98 Å². The van der Waals surface area contributed by atoms with E-state index in [2.05, 4.69) is 9.97 Å². The van der Waals surface area contributed by atoms with Crippen molar-refractivity contribution in [3.63, 3.8) is 0 Å². The van der Waals surface area contributed by atoms with E-state index in [0.717, 1.165) is 6.42 Å². The Bertz CT molecular complexity index is 325. The summed E-state index contributed by atoms with van der Waals surface area (Å²) in [5.74, 6) is -0.796. The molecule has 0 saturated carbocycles. The summed E-state index contributed by atoms with van der Waals surface area (Å²) < 4.78 is 11.2. The van der Waals surface area contributed by atoms with Gasteiger partial charge in [-0.15, -0.1) is 0 Å². The van der Waals surface area contributed by atoms with Crippen LogP contribution in [-0.2, 0) is 10.2 Å². The summed E-state index contributed by atoms with van der Waals surface area (Å²) in [7, 11) is 0. The van der Waals surface area contributed by atoms with Crippen molar-refractivity contribution >= 4 is 34.8 Å². The molecule has 0 bridgehead atoms. The molecule has 2 nitrogen and oxygen atoms in total. The molecular weight excluding hydrogens is 249 g/mol. The summed E-state index contributed by atoms with van der Waals surface area (Å²) in [5, 5.41) is 0. The lowest BCUT2D eigenvalue weighted by atomic mass is 10.2. The van der Waals surface area contributed by atoms with Crippen LogP contribution in [0, 0.1) is 5.95 Å². The van der Waals surface area contributed by atoms with Crippen molar-refractivity contribution in [2.75, 3.05) is 0 Å². The normalized spacial score (nSPS) is 11.8. The zero-order valence-corrected chi connectivity index (χ0v) is 9.67. The summed E-state index contributed by atoms with van der Waals surface area (Å²) >= 11 is 16.6. The van der Waals surface area contributed by atoms with Crippen molar-refractivity contribution in [3.05, 3.63) is 23.5 Å². The standard InChI is InChI=1S/C8H8Cl3FN2/c1-2-3-5-4-6(12)14-7(13-5)8(9,10)11/h4H,2-3H2,1H3. The van der Waals surface area contributed by atoms with Crippen LogP contribution in [0.5, 0.6) is 0 Å². The number of halogens is 4. The highest BCUT2D eigenvalue weighted by Gasteiger charge is 2.27. The van der Waals surface area contributed by atoms with Gasteiger partial charge in [0, 0.05) is 11.8 Å². The maximum atomic E-state index is 13.0. The molecule has 0 aliphatic heterocycles. The summed E-state index contributed by atoms with van der Waals surface area (Å²) in [6.07, 6.45) is 1.48. The third-order valence-corrected chi connectivity index (χ3v) is 2.01. The van der Waals surface area contributed by atoms with E-state index in [-0.39, 0.29) is 5.82 Å². The van der Waals surface area contributed by atoms with Gasteiger partial charge in [-0.2, -0.15) is 9.37 Å². The average molecular weight is 258 g/mol. The summed E-state index contributed by atoms with van der Waals surface area (Å²) in [5.41, 5.74) is 0.543. The van der Waals surface area contributed by atoms with Crippen molar-refractivity contribution in [3.8, 4) is 0 Å². The molecule has 0 N–H and O–H groups in total. The van der Waals surface area contributed by atoms with Crippen LogP contribution in [0.3, 0.4) is 0 Å². The first-order chi connectivity index (χ1) is 6.43. The van der Waals surface area contributed by atoms with Gasteiger partial charge in [-0.3, -0.25) is 0 Å². The predicted octanol–water partition coefficient (Wildman–Crippen LogP) is 3.39. The van der Waals surface area contributed by atoms with Crippen LogP contribution in [0.2, 0.25) is 0 Å². The van der Waals surface area contributed by atoms with E-state index in [0.29, 0.717) is 12.1 Å². The number of hydrogen-bond donors (Lipinski definition) is 0. The molecule has 0 spiro atoms. The quantitative estimate of drug-likeness (QED) is 0.599. The number of aryl methyl sites for hydroxylation is 1. The molecule has 0 amide bonds. The maximum absolute atomic E-state index is 13.0. The van der Waals surface area contributed by atoms with Crippen LogP contribution in [0.15, 0.2) is 6.07 Å². The highest BCUT2D eigenvalue weighted by molar-refractivity contribution is 6.66. The topological polar surface area (TPSA) is 25.8 Å². The molecule has 1 aromatic heterocycles. The lowest BCUT2D eigenvalue weighted by molar-refractivity contribution is 0.565. The predicted molar refractivity (Wildman–Crippen MR) is 55.2 cm³/mol. The number of aromatic nitrogens is 2. The zero-order chi connectivity index (χ0) is 10.8. The molecule has 1 aromatic rings. The second-order valence-electron chi connectivity index (χ2n) is 2.75. The van der Waals surface area contributed by atoms with E-state index in [9.17, 15) is 4.39 Å². The van der Waals surface area contributed by atoms with Crippen molar-refractivity contribution in [1.29, 1.82) is 0 Å². The molecule has 14 heavy (non-hydrogen) atoms. The van der Waals surface area contributed by atoms with Gasteiger partial charge in [0.1, 0.15) is 0 Å². The Labute approximate surface area is 96.4 Å². The number of rotatable bonds is 2. The molecule has 6 heteroatoms. The van der Waals surface area contributed by atoms with Crippen LogP contribution in [0.25, 0.3) is 0 Å². The Morgan fingerprint density at radius 1 is 1.36 bits per heavy atom. The highest BCUT2D eigenvalue weighted by Crippen LogP contribution is 2.35. The highest BCUT2D eigenvalue weighted by atomic mass is 35.6. The van der Waals surface area contributed by atoms with Gasteiger partial charge in [0.15, 0.2) is 5.82 Å². The number of hydrogen-bond acceptors (Lipinski definition) is 2. The minimum atomic E-state index is -1.77. The van der Waals surface area contributed by atoms with E-state index in [1.54, 1.807) is 0 Å². The van der Waals surface area contributed by atoms with Gasteiger partial charge >= 0.3 is 0 Å². The van der Waals surface area contributed by atoms with Crippen molar-refractivity contribution in [2.24, 2.45) is 0 Å². The summed E-state index contributed by atoms with van der Waals surface area (Å²) in [6.45, 7) is 1.95. The first-order valence-electron chi connectivity index (χ1n) is 4.04. The van der Waals surface area contributed by atoms with Crippen LogP contribution in [0.1, 0.15) is 24.9 Å². The largest absolute Gasteiger partial charge is 0.250 e. The third kappa shape index (κ3) is 3.23. The van der Waals surface area contributed by atoms with E-state index < -0.39 is 9.74 Å². The zero-order valence-electron chi connectivity index (χ0n) is 7.40. The lowest BCUT2D eigenvalue weighted by Crippen LogP contribution is -2.10. The van der Waals surface area contributed by atoms with Gasteiger partial charge in [0.25, 0.3) is 0 Å². The van der Waals surface area contributed by atoms with Crippen LogP contribution in [0.4, 0.5) is 4.39 Å². The second kappa shape index (κ2) is 4.60. The van der Waals surface area contributed by atoms with Gasteiger partial charge in [-0.05, 0) is 6.42 Å². The molecular formula is C8H8Cl3FN2. The molecule has 0 aliphatic rings. The Balaban J connectivity index is 3.07. The Morgan fingerprint density at radius 3 is 2.50 bits per heavy atom. The van der Waals surface area contributed by atoms with Crippen molar-refractivity contribution in [1.82, 2.24) is 9.97 Å². The molecule has 0 fully saturated rings. The van der Waals surface area contributed by atoms with Crippen molar-refractivity contribution in [2.45, 2.75) is 23.6 Å². The third-order valence-electron chi connectivity index (χ3n) is 1.51. The molecule has 0 atom stereocenters. The van der Waals surface area contributed by atoms with Gasteiger partial charge in [0.2, 0.25) is 9.74 Å². The first-order valence-corrected chi connectivity index (χ1v) is 5.17. The average Bonchev–Trinajstić information content (AvgIpc) is 2.02. The first kappa shape index (κ1) is 12.0. The SMILES string of the molecule is CCCc1cc(F)nc(C(Cl)(Cl)Cl)n1. The summed E-state index contributed by atoms with van der Waals surface area (Å²) in [4.78, 5) is 7.36. The van der Waals surface area contributed by atoms with Crippen LogP contribution >= 0.6 is 34.8 Å². The lowest BCUT2D eigenvalue weighted by Gasteiger charge is -2.10. The monoisotopic (exact) mass is 256 g/mol. The smallest absolute Gasteiger partial charge is 0.233 e. The van der Waals surface area contributed by atoms with Gasteiger partial charge in [-0.1, -0.05) is 48.1 Å². The van der Waals surface area contributed by atoms with E-state index in [1.165, 1.54) is 6.07 Å². The fourth-order valence-corrected chi connectivity index (χ4v) is 1.23. The summed E-state index contributed by atoms with van der Waals surface area (Å²) in [6, 6.07) is 1.24. The minimum Gasteiger partial charge on any atom is -0.233 e. The molecule has 0 saturated heterocycles. The second-order valence-corrected chi connectivity index (χ2v) is 5.03. The molecule has 1 heterocycles. The molecule has 78 valence electrons. The minimum absolute atomic E-state index is 0.119. The van der Waals surface area contributed by atoms with Crippen LogP contribution in [-0.4, -0.2) is 9.97 Å². The van der Waals surface area contributed by atoms with Gasteiger partial charge < -0.3 is 0 Å². The van der Waals surface area contributed by atoms with Crippen molar-refractivity contribution < 1.29 is 4.39 Å².